The molecule has 1 aromatic carbocycles. The first kappa shape index (κ1) is 11.4. The predicted octanol–water partition coefficient (Wildman–Crippen LogP) is 2.86. The molecule has 0 bridgehead atoms. The van der Waals surface area contributed by atoms with Crippen LogP contribution in [0.1, 0.15) is 16.8 Å². The molecule has 0 aliphatic carbocycles. The summed E-state index contributed by atoms with van der Waals surface area (Å²) in [5.74, 6) is 0.320. The maximum absolute atomic E-state index is 13.1. The van der Waals surface area contributed by atoms with Crippen molar-refractivity contribution in [3.8, 4) is 0 Å². The van der Waals surface area contributed by atoms with Crippen LogP contribution >= 0.6 is 11.3 Å². The van der Waals surface area contributed by atoms with Crippen molar-refractivity contribution in [2.24, 2.45) is 7.05 Å². The van der Waals surface area contributed by atoms with Crippen LogP contribution in [0.15, 0.2) is 36.7 Å². The molecule has 0 aliphatic rings. The van der Waals surface area contributed by atoms with Crippen molar-refractivity contribution < 1.29 is 9.50 Å². The Labute approximate surface area is 107 Å². The van der Waals surface area contributed by atoms with Crippen LogP contribution in [-0.4, -0.2) is 14.7 Å². The number of benzene rings is 1. The lowest BCUT2D eigenvalue weighted by atomic mass is 10.2. The lowest BCUT2D eigenvalue weighted by molar-refractivity contribution is 0.210. The number of imidazole rings is 1. The largest absolute Gasteiger partial charge is 0.380 e. The van der Waals surface area contributed by atoms with Gasteiger partial charge in [-0.05, 0) is 29.7 Å². The van der Waals surface area contributed by atoms with Crippen LogP contribution in [0.2, 0.25) is 0 Å². The van der Waals surface area contributed by atoms with E-state index in [0.717, 1.165) is 15.0 Å². The molecule has 1 atom stereocenters. The zero-order chi connectivity index (χ0) is 12.7. The SMILES string of the molecule is Cn1ccnc1C(O)c1cc2cc(F)ccc2s1. The first-order chi connectivity index (χ1) is 8.65. The summed E-state index contributed by atoms with van der Waals surface area (Å²) in [4.78, 5) is 4.89. The van der Waals surface area contributed by atoms with E-state index < -0.39 is 6.10 Å². The van der Waals surface area contributed by atoms with Crippen LogP contribution < -0.4 is 0 Å². The van der Waals surface area contributed by atoms with Gasteiger partial charge in [0, 0.05) is 29.0 Å². The number of thiophene rings is 1. The van der Waals surface area contributed by atoms with E-state index in [1.807, 2.05) is 13.1 Å². The molecular formula is C13H11FN2OS. The number of aliphatic hydroxyl groups excluding tert-OH is 1. The molecule has 3 rings (SSSR count). The number of rotatable bonds is 2. The maximum atomic E-state index is 13.1. The topological polar surface area (TPSA) is 38.0 Å². The van der Waals surface area contributed by atoms with E-state index in [2.05, 4.69) is 4.98 Å². The van der Waals surface area contributed by atoms with E-state index in [4.69, 9.17) is 0 Å². The Kier molecular flexibility index (Phi) is 2.65. The molecule has 2 aromatic heterocycles. The summed E-state index contributed by atoms with van der Waals surface area (Å²) < 4.78 is 15.8. The molecule has 0 amide bonds. The summed E-state index contributed by atoms with van der Waals surface area (Å²) in [7, 11) is 1.83. The first-order valence-electron chi connectivity index (χ1n) is 5.49. The monoisotopic (exact) mass is 262 g/mol. The van der Waals surface area contributed by atoms with Gasteiger partial charge in [-0.3, -0.25) is 0 Å². The number of nitrogens with zero attached hydrogens (tertiary/aromatic N) is 2. The smallest absolute Gasteiger partial charge is 0.146 e. The maximum Gasteiger partial charge on any atom is 0.146 e. The van der Waals surface area contributed by atoms with Crippen molar-refractivity contribution in [3.63, 3.8) is 0 Å². The van der Waals surface area contributed by atoms with Crippen LogP contribution in [0.25, 0.3) is 10.1 Å². The van der Waals surface area contributed by atoms with Crippen molar-refractivity contribution in [1.29, 1.82) is 0 Å². The van der Waals surface area contributed by atoms with Crippen molar-refractivity contribution in [2.75, 3.05) is 0 Å². The average molecular weight is 262 g/mol. The Morgan fingerprint density at radius 2 is 2.22 bits per heavy atom. The number of aryl methyl sites for hydroxylation is 1. The van der Waals surface area contributed by atoms with Gasteiger partial charge in [0.1, 0.15) is 17.7 Å². The third-order valence-electron chi connectivity index (χ3n) is 2.87. The summed E-state index contributed by atoms with van der Waals surface area (Å²) in [5.41, 5.74) is 0. The van der Waals surface area contributed by atoms with Crippen molar-refractivity contribution in [3.05, 3.63) is 53.2 Å². The molecular weight excluding hydrogens is 251 g/mol. The quantitative estimate of drug-likeness (QED) is 0.771. The fraction of sp³-hybridized carbons (Fsp3) is 0.154. The standard InChI is InChI=1S/C13H11FN2OS/c1-16-5-4-15-13(16)12(17)11-7-8-6-9(14)2-3-10(8)18-11/h2-7,12,17H,1H3. The van der Waals surface area contributed by atoms with Gasteiger partial charge < -0.3 is 9.67 Å². The second kappa shape index (κ2) is 4.19. The van der Waals surface area contributed by atoms with Gasteiger partial charge in [-0.2, -0.15) is 0 Å². The van der Waals surface area contributed by atoms with Crippen LogP contribution in [0.4, 0.5) is 4.39 Å². The number of halogens is 1. The molecule has 0 radical (unpaired) electrons. The number of hydrogen-bond donors (Lipinski definition) is 1. The number of aromatic nitrogens is 2. The Morgan fingerprint density at radius 1 is 1.39 bits per heavy atom. The van der Waals surface area contributed by atoms with Crippen molar-refractivity contribution in [1.82, 2.24) is 9.55 Å². The van der Waals surface area contributed by atoms with Gasteiger partial charge in [-0.15, -0.1) is 11.3 Å². The normalized spacial score (nSPS) is 13.1. The number of fused-ring (bicyclic) bond motifs is 1. The molecule has 92 valence electrons. The van der Waals surface area contributed by atoms with E-state index in [1.54, 1.807) is 23.0 Å². The fourth-order valence-electron chi connectivity index (χ4n) is 1.94. The fourth-order valence-corrected chi connectivity index (χ4v) is 2.97. The molecule has 3 aromatic rings. The van der Waals surface area contributed by atoms with Gasteiger partial charge in [0.25, 0.3) is 0 Å². The molecule has 1 unspecified atom stereocenters. The number of aliphatic hydroxyl groups is 1. The van der Waals surface area contributed by atoms with Crippen LogP contribution in [-0.2, 0) is 7.05 Å². The average Bonchev–Trinajstić information content (AvgIpc) is 2.93. The van der Waals surface area contributed by atoms with Gasteiger partial charge in [0.2, 0.25) is 0 Å². The third kappa shape index (κ3) is 1.81. The van der Waals surface area contributed by atoms with E-state index >= 15 is 0 Å². The lowest BCUT2D eigenvalue weighted by Crippen LogP contribution is -2.05. The third-order valence-corrected chi connectivity index (χ3v) is 4.04. The van der Waals surface area contributed by atoms with E-state index in [-0.39, 0.29) is 5.82 Å². The zero-order valence-electron chi connectivity index (χ0n) is 9.67. The predicted molar refractivity (Wildman–Crippen MR) is 69.1 cm³/mol. The highest BCUT2D eigenvalue weighted by atomic mass is 32.1. The highest BCUT2D eigenvalue weighted by molar-refractivity contribution is 7.19. The van der Waals surface area contributed by atoms with Gasteiger partial charge in [-0.1, -0.05) is 0 Å². The van der Waals surface area contributed by atoms with Gasteiger partial charge >= 0.3 is 0 Å². The Hall–Kier alpha value is -1.72. The van der Waals surface area contributed by atoms with E-state index in [9.17, 15) is 9.50 Å². The molecule has 0 aliphatic heterocycles. The molecule has 0 saturated carbocycles. The van der Waals surface area contributed by atoms with E-state index in [0.29, 0.717) is 5.82 Å². The summed E-state index contributed by atoms with van der Waals surface area (Å²) in [6, 6.07) is 6.43. The zero-order valence-corrected chi connectivity index (χ0v) is 10.5. The molecule has 5 heteroatoms. The molecule has 0 spiro atoms. The summed E-state index contributed by atoms with van der Waals surface area (Å²) in [6.07, 6.45) is 2.65. The van der Waals surface area contributed by atoms with Crippen molar-refractivity contribution >= 4 is 21.4 Å². The van der Waals surface area contributed by atoms with Crippen LogP contribution in [0.3, 0.4) is 0 Å². The minimum atomic E-state index is -0.773. The first-order valence-corrected chi connectivity index (χ1v) is 6.31. The molecule has 1 N–H and O–H groups in total. The second-order valence-electron chi connectivity index (χ2n) is 4.13. The Morgan fingerprint density at radius 3 is 2.94 bits per heavy atom. The highest BCUT2D eigenvalue weighted by Gasteiger charge is 2.17. The molecule has 0 fully saturated rings. The van der Waals surface area contributed by atoms with Gasteiger partial charge in [-0.25, -0.2) is 9.37 Å². The second-order valence-corrected chi connectivity index (χ2v) is 5.25. The molecule has 0 saturated heterocycles. The Balaban J connectivity index is 2.07. The minimum absolute atomic E-state index is 0.265. The van der Waals surface area contributed by atoms with Crippen LogP contribution in [0, 0.1) is 5.82 Å². The Bertz CT molecular complexity index is 704. The van der Waals surface area contributed by atoms with Gasteiger partial charge in [0.05, 0.1) is 0 Å². The lowest BCUT2D eigenvalue weighted by Gasteiger charge is -2.07. The van der Waals surface area contributed by atoms with Gasteiger partial charge in [0.15, 0.2) is 0 Å². The molecule has 18 heavy (non-hydrogen) atoms. The van der Waals surface area contributed by atoms with E-state index in [1.165, 1.54) is 23.5 Å². The van der Waals surface area contributed by atoms with Crippen molar-refractivity contribution in [2.45, 2.75) is 6.10 Å². The summed E-state index contributed by atoms with van der Waals surface area (Å²) in [6.45, 7) is 0. The van der Waals surface area contributed by atoms with Crippen LogP contribution in [0.5, 0.6) is 0 Å². The minimum Gasteiger partial charge on any atom is -0.380 e. The summed E-state index contributed by atoms with van der Waals surface area (Å²) >= 11 is 1.45. The summed E-state index contributed by atoms with van der Waals surface area (Å²) in [5, 5.41) is 11.1. The highest BCUT2D eigenvalue weighted by Crippen LogP contribution is 2.32. The number of hydrogen-bond acceptors (Lipinski definition) is 3. The molecule has 3 nitrogen and oxygen atoms in total. The molecule has 2 heterocycles.